The average molecular weight is 346 g/mol. The molecule has 0 aliphatic rings. The SMILES string of the molecule is COC[C@@H](C)NC(=S)NNC(=O)/C=C/c1ccc(F)c(Cl)c1. The van der Waals surface area contributed by atoms with Crippen molar-refractivity contribution in [2.24, 2.45) is 0 Å². The molecule has 8 heteroatoms. The Bertz CT molecular complexity index is 569. The van der Waals surface area contributed by atoms with E-state index in [2.05, 4.69) is 16.2 Å². The molecule has 1 atom stereocenters. The first-order chi connectivity index (χ1) is 10.4. The zero-order valence-electron chi connectivity index (χ0n) is 12.2. The van der Waals surface area contributed by atoms with Crippen LogP contribution in [-0.4, -0.2) is 30.8 Å². The van der Waals surface area contributed by atoms with E-state index < -0.39 is 11.7 Å². The second-order valence-electron chi connectivity index (χ2n) is 4.45. The number of hydrazine groups is 1. The van der Waals surface area contributed by atoms with Crippen LogP contribution in [0.25, 0.3) is 6.08 Å². The summed E-state index contributed by atoms with van der Waals surface area (Å²) in [6, 6.07) is 4.18. The van der Waals surface area contributed by atoms with Crippen LogP contribution in [0.15, 0.2) is 24.3 Å². The highest BCUT2D eigenvalue weighted by Crippen LogP contribution is 2.16. The molecule has 1 aromatic rings. The van der Waals surface area contributed by atoms with Crippen LogP contribution in [0.3, 0.4) is 0 Å². The van der Waals surface area contributed by atoms with Gasteiger partial charge in [-0.05, 0) is 42.9 Å². The number of hydrogen-bond acceptors (Lipinski definition) is 3. The maximum absolute atomic E-state index is 13.0. The predicted octanol–water partition coefficient (Wildman–Crippen LogP) is 2.02. The van der Waals surface area contributed by atoms with Crippen LogP contribution in [0.5, 0.6) is 0 Å². The minimum atomic E-state index is -0.508. The lowest BCUT2D eigenvalue weighted by molar-refractivity contribution is -0.116. The second-order valence-corrected chi connectivity index (χ2v) is 5.27. The molecule has 1 amide bonds. The number of thiocarbonyl (C=S) groups is 1. The number of rotatable bonds is 5. The van der Waals surface area contributed by atoms with Crippen LogP contribution in [-0.2, 0) is 9.53 Å². The van der Waals surface area contributed by atoms with Crippen LogP contribution in [0, 0.1) is 5.82 Å². The molecule has 0 saturated carbocycles. The largest absolute Gasteiger partial charge is 0.383 e. The molecule has 3 N–H and O–H groups in total. The third kappa shape index (κ3) is 6.84. The first-order valence-corrected chi connectivity index (χ1v) is 7.19. The first-order valence-electron chi connectivity index (χ1n) is 6.41. The van der Waals surface area contributed by atoms with E-state index in [1.165, 1.54) is 30.4 Å². The second kappa shape index (κ2) is 9.34. The molecular weight excluding hydrogens is 329 g/mol. The van der Waals surface area contributed by atoms with Gasteiger partial charge in [-0.15, -0.1) is 0 Å². The molecule has 0 heterocycles. The molecular formula is C14H17ClFN3O2S. The van der Waals surface area contributed by atoms with Gasteiger partial charge in [-0.2, -0.15) is 0 Å². The molecule has 0 aliphatic heterocycles. The number of ether oxygens (including phenoxy) is 1. The van der Waals surface area contributed by atoms with Crippen molar-refractivity contribution >= 4 is 40.9 Å². The third-order valence-electron chi connectivity index (χ3n) is 2.46. The van der Waals surface area contributed by atoms with Gasteiger partial charge in [-0.3, -0.25) is 15.6 Å². The standard InChI is InChI=1S/C14H17ClFN3O2S/c1-9(8-21-2)17-14(22)19-18-13(20)6-4-10-3-5-12(16)11(15)7-10/h3-7,9H,8H2,1-2H3,(H,18,20)(H2,17,19,22)/b6-4+/t9-/m1/s1. The lowest BCUT2D eigenvalue weighted by Crippen LogP contribution is -2.49. The van der Waals surface area contributed by atoms with Crippen molar-refractivity contribution in [3.8, 4) is 0 Å². The van der Waals surface area contributed by atoms with Gasteiger partial charge in [0.05, 0.1) is 11.6 Å². The lowest BCUT2D eigenvalue weighted by atomic mass is 10.2. The van der Waals surface area contributed by atoms with Crippen molar-refractivity contribution in [2.45, 2.75) is 13.0 Å². The monoisotopic (exact) mass is 345 g/mol. The van der Waals surface area contributed by atoms with Crippen LogP contribution in [0.2, 0.25) is 5.02 Å². The summed E-state index contributed by atoms with van der Waals surface area (Å²) in [7, 11) is 1.59. The normalized spacial score (nSPS) is 12.0. The van der Waals surface area contributed by atoms with Crippen molar-refractivity contribution < 1.29 is 13.9 Å². The summed E-state index contributed by atoms with van der Waals surface area (Å²) >= 11 is 10.6. The summed E-state index contributed by atoms with van der Waals surface area (Å²) in [4.78, 5) is 11.6. The van der Waals surface area contributed by atoms with E-state index in [1.54, 1.807) is 7.11 Å². The van der Waals surface area contributed by atoms with Crippen molar-refractivity contribution in [1.29, 1.82) is 0 Å². The minimum Gasteiger partial charge on any atom is -0.383 e. The fourth-order valence-corrected chi connectivity index (χ4v) is 1.94. The average Bonchev–Trinajstić information content (AvgIpc) is 2.46. The van der Waals surface area contributed by atoms with E-state index >= 15 is 0 Å². The van der Waals surface area contributed by atoms with Crippen molar-refractivity contribution in [3.63, 3.8) is 0 Å². The number of carbonyl (C=O) groups excluding carboxylic acids is 1. The summed E-state index contributed by atoms with van der Waals surface area (Å²) < 4.78 is 17.9. The van der Waals surface area contributed by atoms with Gasteiger partial charge in [0.1, 0.15) is 5.82 Å². The molecule has 0 spiro atoms. The van der Waals surface area contributed by atoms with E-state index in [9.17, 15) is 9.18 Å². The fourth-order valence-electron chi connectivity index (χ4n) is 1.50. The number of amides is 1. The van der Waals surface area contributed by atoms with Crippen LogP contribution >= 0.6 is 23.8 Å². The highest BCUT2D eigenvalue weighted by molar-refractivity contribution is 7.80. The van der Waals surface area contributed by atoms with Crippen LogP contribution < -0.4 is 16.2 Å². The smallest absolute Gasteiger partial charge is 0.262 e. The van der Waals surface area contributed by atoms with Gasteiger partial charge in [0, 0.05) is 19.2 Å². The molecule has 0 saturated heterocycles. The van der Waals surface area contributed by atoms with Gasteiger partial charge in [0.15, 0.2) is 5.11 Å². The van der Waals surface area contributed by atoms with E-state index in [-0.39, 0.29) is 16.2 Å². The number of halogens is 2. The Hall–Kier alpha value is -1.70. The van der Waals surface area contributed by atoms with E-state index in [4.69, 9.17) is 28.6 Å². The number of methoxy groups -OCH3 is 1. The summed E-state index contributed by atoms with van der Waals surface area (Å²) in [5.41, 5.74) is 5.56. The van der Waals surface area contributed by atoms with Crippen LogP contribution in [0.4, 0.5) is 4.39 Å². The van der Waals surface area contributed by atoms with Gasteiger partial charge in [-0.1, -0.05) is 17.7 Å². The zero-order valence-corrected chi connectivity index (χ0v) is 13.7. The van der Waals surface area contributed by atoms with Gasteiger partial charge in [0.25, 0.3) is 5.91 Å². The topological polar surface area (TPSA) is 62.4 Å². The molecule has 120 valence electrons. The van der Waals surface area contributed by atoms with E-state index in [1.807, 2.05) is 6.92 Å². The summed E-state index contributed by atoms with van der Waals surface area (Å²) in [6.07, 6.45) is 2.78. The third-order valence-corrected chi connectivity index (χ3v) is 2.97. The van der Waals surface area contributed by atoms with Gasteiger partial charge >= 0.3 is 0 Å². The first kappa shape index (κ1) is 18.3. The Morgan fingerprint density at radius 1 is 1.50 bits per heavy atom. The molecule has 0 fully saturated rings. The Kier molecular flexibility index (Phi) is 7.79. The summed E-state index contributed by atoms with van der Waals surface area (Å²) in [5, 5.41) is 3.19. The zero-order chi connectivity index (χ0) is 16.5. The van der Waals surface area contributed by atoms with Gasteiger partial charge in [0.2, 0.25) is 0 Å². The minimum absolute atomic E-state index is 0.00167. The van der Waals surface area contributed by atoms with E-state index in [0.717, 1.165) is 0 Å². The van der Waals surface area contributed by atoms with Crippen molar-refractivity contribution in [3.05, 3.63) is 40.7 Å². The molecule has 1 rings (SSSR count). The van der Waals surface area contributed by atoms with E-state index in [0.29, 0.717) is 12.2 Å². The van der Waals surface area contributed by atoms with Gasteiger partial charge < -0.3 is 10.1 Å². The maximum atomic E-state index is 13.0. The molecule has 1 aromatic carbocycles. The predicted molar refractivity (Wildman–Crippen MR) is 88.8 cm³/mol. The number of carbonyl (C=O) groups is 1. The fraction of sp³-hybridized carbons (Fsp3) is 0.286. The molecule has 0 aromatic heterocycles. The maximum Gasteiger partial charge on any atom is 0.262 e. The Labute approximate surface area is 138 Å². The highest BCUT2D eigenvalue weighted by atomic mass is 35.5. The Balaban J connectivity index is 2.41. The molecule has 0 unspecified atom stereocenters. The van der Waals surface area contributed by atoms with Crippen molar-refractivity contribution in [2.75, 3.05) is 13.7 Å². The van der Waals surface area contributed by atoms with Crippen molar-refractivity contribution in [1.82, 2.24) is 16.2 Å². The molecule has 0 bridgehead atoms. The quantitative estimate of drug-likeness (QED) is 0.433. The Morgan fingerprint density at radius 2 is 2.23 bits per heavy atom. The van der Waals surface area contributed by atoms with Crippen LogP contribution in [0.1, 0.15) is 12.5 Å². The molecule has 0 radical (unpaired) electrons. The molecule has 22 heavy (non-hydrogen) atoms. The number of nitrogens with one attached hydrogen (secondary N) is 3. The molecule has 5 nitrogen and oxygen atoms in total. The number of hydrogen-bond donors (Lipinski definition) is 3. The number of benzene rings is 1. The van der Waals surface area contributed by atoms with Gasteiger partial charge in [-0.25, -0.2) is 4.39 Å². The highest BCUT2D eigenvalue weighted by Gasteiger charge is 2.04. The molecule has 0 aliphatic carbocycles. The summed E-state index contributed by atoms with van der Waals surface area (Å²) in [5.74, 6) is -0.921. The Morgan fingerprint density at radius 3 is 2.86 bits per heavy atom. The summed E-state index contributed by atoms with van der Waals surface area (Å²) in [6.45, 7) is 2.37. The lowest BCUT2D eigenvalue weighted by Gasteiger charge is -2.15.